The minimum Gasteiger partial charge on any atom is -0.371 e. The maximum atomic E-state index is 3.46. The minimum atomic E-state index is 0.442. The standard InChI is InChI=1S/C17H28N2/c1-5-18-14(2)15-7-9-16(10-8-15)19-12-6-11-17(3,4)13-19/h7-10,14,18H,5-6,11-13H2,1-4H3. The second-order valence-corrected chi connectivity index (χ2v) is 6.56. The van der Waals surface area contributed by atoms with Gasteiger partial charge in [0.15, 0.2) is 0 Å². The number of nitrogens with one attached hydrogen (secondary N) is 1. The van der Waals surface area contributed by atoms with Gasteiger partial charge in [-0.05, 0) is 49.4 Å². The monoisotopic (exact) mass is 260 g/mol. The molecule has 106 valence electrons. The lowest BCUT2D eigenvalue weighted by Crippen LogP contribution is -2.40. The smallest absolute Gasteiger partial charge is 0.0366 e. The van der Waals surface area contributed by atoms with Crippen molar-refractivity contribution in [2.24, 2.45) is 5.41 Å². The molecule has 0 aliphatic carbocycles. The highest BCUT2D eigenvalue weighted by Crippen LogP contribution is 2.31. The van der Waals surface area contributed by atoms with Crippen LogP contribution < -0.4 is 10.2 Å². The zero-order chi connectivity index (χ0) is 13.9. The third-order valence-electron chi connectivity index (χ3n) is 4.17. The van der Waals surface area contributed by atoms with Crippen LogP contribution in [0.25, 0.3) is 0 Å². The first-order chi connectivity index (χ1) is 9.02. The Kier molecular flexibility index (Phi) is 4.51. The van der Waals surface area contributed by atoms with Crippen LogP contribution in [0.3, 0.4) is 0 Å². The molecule has 1 aliphatic heterocycles. The van der Waals surface area contributed by atoms with Gasteiger partial charge in [0.1, 0.15) is 0 Å². The van der Waals surface area contributed by atoms with Gasteiger partial charge < -0.3 is 10.2 Å². The predicted octanol–water partition coefficient (Wildman–Crippen LogP) is 3.98. The molecule has 0 spiro atoms. The quantitative estimate of drug-likeness (QED) is 0.881. The largest absolute Gasteiger partial charge is 0.371 e. The van der Waals surface area contributed by atoms with E-state index < -0.39 is 0 Å². The summed E-state index contributed by atoms with van der Waals surface area (Å²) in [6, 6.07) is 9.54. The molecule has 2 nitrogen and oxygen atoms in total. The van der Waals surface area contributed by atoms with E-state index in [4.69, 9.17) is 0 Å². The lowest BCUT2D eigenvalue weighted by atomic mass is 9.84. The fraction of sp³-hybridized carbons (Fsp3) is 0.647. The summed E-state index contributed by atoms with van der Waals surface area (Å²) in [7, 11) is 0. The van der Waals surface area contributed by atoms with Crippen molar-refractivity contribution < 1.29 is 0 Å². The summed E-state index contributed by atoms with van der Waals surface area (Å²) in [6.45, 7) is 12.5. The number of hydrogen-bond acceptors (Lipinski definition) is 2. The molecule has 1 heterocycles. The predicted molar refractivity (Wildman–Crippen MR) is 83.8 cm³/mol. The van der Waals surface area contributed by atoms with Gasteiger partial charge in [-0.2, -0.15) is 0 Å². The van der Waals surface area contributed by atoms with Crippen LogP contribution in [0.4, 0.5) is 5.69 Å². The van der Waals surface area contributed by atoms with Crippen LogP contribution in [0.2, 0.25) is 0 Å². The summed E-state index contributed by atoms with van der Waals surface area (Å²) in [5, 5.41) is 3.46. The maximum absolute atomic E-state index is 3.46. The third kappa shape index (κ3) is 3.73. The minimum absolute atomic E-state index is 0.442. The van der Waals surface area contributed by atoms with E-state index >= 15 is 0 Å². The average Bonchev–Trinajstić information content (AvgIpc) is 2.38. The van der Waals surface area contributed by atoms with E-state index in [2.05, 4.69) is 62.2 Å². The van der Waals surface area contributed by atoms with E-state index in [1.165, 1.54) is 37.2 Å². The van der Waals surface area contributed by atoms with E-state index in [-0.39, 0.29) is 0 Å². The van der Waals surface area contributed by atoms with Gasteiger partial charge in [0.25, 0.3) is 0 Å². The topological polar surface area (TPSA) is 15.3 Å². The molecule has 1 fully saturated rings. The molecule has 0 amide bonds. The van der Waals surface area contributed by atoms with Gasteiger partial charge in [-0.25, -0.2) is 0 Å². The van der Waals surface area contributed by atoms with Crippen LogP contribution in [0.15, 0.2) is 24.3 Å². The highest BCUT2D eigenvalue weighted by Gasteiger charge is 2.26. The molecule has 2 heteroatoms. The van der Waals surface area contributed by atoms with E-state index in [9.17, 15) is 0 Å². The van der Waals surface area contributed by atoms with Crippen molar-refractivity contribution in [1.29, 1.82) is 0 Å². The summed E-state index contributed by atoms with van der Waals surface area (Å²) in [5.74, 6) is 0. The number of hydrogen-bond donors (Lipinski definition) is 1. The number of rotatable bonds is 4. The molecule has 19 heavy (non-hydrogen) atoms. The first-order valence-corrected chi connectivity index (χ1v) is 7.60. The van der Waals surface area contributed by atoms with Crippen LogP contribution >= 0.6 is 0 Å². The summed E-state index contributed by atoms with van der Waals surface area (Å²) in [4.78, 5) is 2.53. The molecule has 1 saturated heterocycles. The fourth-order valence-electron chi connectivity index (χ4n) is 3.04. The SMILES string of the molecule is CCNC(C)c1ccc(N2CCCC(C)(C)C2)cc1. The highest BCUT2D eigenvalue weighted by molar-refractivity contribution is 5.48. The molecule has 2 rings (SSSR count). The molecule has 1 aliphatic rings. The van der Waals surface area contributed by atoms with Gasteiger partial charge in [-0.15, -0.1) is 0 Å². The summed E-state index contributed by atoms with van der Waals surface area (Å²) < 4.78 is 0. The van der Waals surface area contributed by atoms with Crippen LogP contribution in [0.5, 0.6) is 0 Å². The van der Waals surface area contributed by atoms with Gasteiger partial charge in [0.2, 0.25) is 0 Å². The normalized spacial score (nSPS) is 20.3. The average molecular weight is 260 g/mol. The van der Waals surface area contributed by atoms with Crippen molar-refractivity contribution >= 4 is 5.69 Å². The first-order valence-electron chi connectivity index (χ1n) is 7.60. The fourth-order valence-corrected chi connectivity index (χ4v) is 3.04. The van der Waals surface area contributed by atoms with Crippen molar-refractivity contribution in [3.63, 3.8) is 0 Å². The van der Waals surface area contributed by atoms with Crippen molar-refractivity contribution in [2.45, 2.75) is 46.6 Å². The maximum Gasteiger partial charge on any atom is 0.0366 e. The Morgan fingerprint density at radius 2 is 1.95 bits per heavy atom. The Bertz CT molecular complexity index is 394. The second kappa shape index (κ2) is 5.96. The van der Waals surface area contributed by atoms with Gasteiger partial charge in [-0.1, -0.05) is 32.9 Å². The third-order valence-corrected chi connectivity index (χ3v) is 4.17. The van der Waals surface area contributed by atoms with Gasteiger partial charge in [0.05, 0.1) is 0 Å². The number of piperidine rings is 1. The highest BCUT2D eigenvalue weighted by atomic mass is 15.1. The molecule has 1 atom stereocenters. The van der Waals surface area contributed by atoms with Crippen molar-refractivity contribution in [1.82, 2.24) is 5.32 Å². The van der Waals surface area contributed by atoms with Crippen LogP contribution in [0.1, 0.15) is 52.1 Å². The number of benzene rings is 1. The van der Waals surface area contributed by atoms with Crippen molar-refractivity contribution in [3.05, 3.63) is 29.8 Å². The Labute approximate surface area is 118 Å². The number of nitrogens with zero attached hydrogens (tertiary/aromatic N) is 1. The Hall–Kier alpha value is -1.02. The second-order valence-electron chi connectivity index (χ2n) is 6.56. The molecular formula is C17H28N2. The first kappa shape index (κ1) is 14.4. The van der Waals surface area contributed by atoms with Crippen molar-refractivity contribution in [3.8, 4) is 0 Å². The molecule has 0 aromatic heterocycles. The van der Waals surface area contributed by atoms with Crippen LogP contribution in [-0.2, 0) is 0 Å². The Balaban J connectivity index is 2.05. The molecule has 0 radical (unpaired) electrons. The lowest BCUT2D eigenvalue weighted by Gasteiger charge is -2.39. The summed E-state index contributed by atoms with van der Waals surface area (Å²) in [6.07, 6.45) is 2.65. The molecule has 1 N–H and O–H groups in total. The van der Waals surface area contributed by atoms with Crippen LogP contribution in [0, 0.1) is 5.41 Å². The zero-order valence-corrected chi connectivity index (χ0v) is 12.9. The number of anilines is 1. The molecule has 0 saturated carbocycles. The Morgan fingerprint density at radius 1 is 1.26 bits per heavy atom. The van der Waals surface area contributed by atoms with E-state index in [0.29, 0.717) is 11.5 Å². The van der Waals surface area contributed by atoms with Gasteiger partial charge >= 0.3 is 0 Å². The van der Waals surface area contributed by atoms with E-state index in [1.54, 1.807) is 0 Å². The van der Waals surface area contributed by atoms with Gasteiger partial charge in [0, 0.05) is 24.8 Å². The van der Waals surface area contributed by atoms with Crippen LogP contribution in [-0.4, -0.2) is 19.6 Å². The summed E-state index contributed by atoms with van der Waals surface area (Å²) >= 11 is 0. The molecule has 1 unspecified atom stereocenters. The molecular weight excluding hydrogens is 232 g/mol. The molecule has 1 aromatic carbocycles. The molecule has 0 bridgehead atoms. The van der Waals surface area contributed by atoms with Gasteiger partial charge in [-0.3, -0.25) is 0 Å². The molecule has 1 aromatic rings. The zero-order valence-electron chi connectivity index (χ0n) is 12.9. The van der Waals surface area contributed by atoms with E-state index in [0.717, 1.165) is 6.54 Å². The summed E-state index contributed by atoms with van der Waals surface area (Å²) in [5.41, 5.74) is 3.20. The lowest BCUT2D eigenvalue weighted by molar-refractivity contribution is 0.293. The Morgan fingerprint density at radius 3 is 2.53 bits per heavy atom. The van der Waals surface area contributed by atoms with E-state index in [1.807, 2.05) is 0 Å². The van der Waals surface area contributed by atoms with Crippen molar-refractivity contribution in [2.75, 3.05) is 24.5 Å².